The van der Waals surface area contributed by atoms with E-state index in [2.05, 4.69) is 167 Å². The van der Waals surface area contributed by atoms with Crippen molar-refractivity contribution in [3.8, 4) is 0 Å². The molecule has 6 nitrogen and oxygen atoms in total. The number of carbonyl (C=O) groups is 3. The molecule has 1 unspecified atom stereocenters. The van der Waals surface area contributed by atoms with Gasteiger partial charge in [0.15, 0.2) is 6.10 Å². The molecular weight excluding hydrogens is 913 g/mol. The number of rotatable bonds is 51. The van der Waals surface area contributed by atoms with E-state index >= 15 is 0 Å². The van der Waals surface area contributed by atoms with E-state index in [9.17, 15) is 14.4 Å². The molecular formula is C68H106O6. The molecule has 0 saturated heterocycles. The van der Waals surface area contributed by atoms with Crippen molar-refractivity contribution in [1.82, 2.24) is 0 Å². The molecule has 0 aliphatic carbocycles. The minimum absolute atomic E-state index is 0.114. The van der Waals surface area contributed by atoms with E-state index in [1.165, 1.54) is 57.8 Å². The van der Waals surface area contributed by atoms with Gasteiger partial charge in [0.25, 0.3) is 0 Å². The van der Waals surface area contributed by atoms with Crippen LogP contribution >= 0.6 is 0 Å². The second-order valence-electron chi connectivity index (χ2n) is 18.8. The van der Waals surface area contributed by atoms with Crippen LogP contribution in [0.1, 0.15) is 233 Å². The average molecular weight is 1020 g/mol. The Labute approximate surface area is 454 Å². The number of hydrogen-bond donors (Lipinski definition) is 0. The number of allylic oxidation sites excluding steroid dienone is 26. The van der Waals surface area contributed by atoms with Crippen molar-refractivity contribution >= 4 is 17.9 Å². The first-order valence-electron chi connectivity index (χ1n) is 29.5. The van der Waals surface area contributed by atoms with E-state index in [0.717, 1.165) is 128 Å². The van der Waals surface area contributed by atoms with Gasteiger partial charge in [-0.05, 0) is 116 Å². The van der Waals surface area contributed by atoms with Crippen LogP contribution in [0.2, 0.25) is 0 Å². The molecule has 1 atom stereocenters. The van der Waals surface area contributed by atoms with Crippen LogP contribution in [0.4, 0.5) is 0 Å². The summed E-state index contributed by atoms with van der Waals surface area (Å²) in [5, 5.41) is 0. The Morgan fingerprint density at radius 3 is 0.878 bits per heavy atom. The van der Waals surface area contributed by atoms with Crippen LogP contribution in [0.5, 0.6) is 0 Å². The molecule has 6 heteroatoms. The van der Waals surface area contributed by atoms with E-state index in [0.29, 0.717) is 19.3 Å². The highest BCUT2D eigenvalue weighted by atomic mass is 16.6. The Hall–Kier alpha value is -4.97. The number of hydrogen-bond acceptors (Lipinski definition) is 6. The van der Waals surface area contributed by atoms with E-state index in [-0.39, 0.29) is 31.6 Å². The molecule has 0 fully saturated rings. The predicted molar refractivity (Wildman–Crippen MR) is 320 cm³/mol. The minimum atomic E-state index is -0.823. The predicted octanol–water partition coefficient (Wildman–Crippen LogP) is 20.1. The zero-order valence-electron chi connectivity index (χ0n) is 47.3. The van der Waals surface area contributed by atoms with Gasteiger partial charge in [-0.25, -0.2) is 0 Å². The first kappa shape index (κ1) is 69.0. The smallest absolute Gasteiger partial charge is 0.306 e. The molecule has 0 heterocycles. The lowest BCUT2D eigenvalue weighted by atomic mass is 10.1. The zero-order chi connectivity index (χ0) is 53.6. The fourth-order valence-corrected chi connectivity index (χ4v) is 7.45. The van der Waals surface area contributed by atoms with E-state index < -0.39 is 12.1 Å². The fourth-order valence-electron chi connectivity index (χ4n) is 7.45. The Bertz CT molecular complexity index is 1690. The zero-order valence-corrected chi connectivity index (χ0v) is 47.3. The molecule has 0 spiro atoms. The lowest BCUT2D eigenvalue weighted by Crippen LogP contribution is -2.30. The summed E-state index contributed by atoms with van der Waals surface area (Å²) in [5.41, 5.74) is 0. The summed E-state index contributed by atoms with van der Waals surface area (Å²) in [7, 11) is 0. The third-order valence-electron chi connectivity index (χ3n) is 11.8. The summed E-state index contributed by atoms with van der Waals surface area (Å²) in [5.74, 6) is -1.02. The van der Waals surface area contributed by atoms with Crippen LogP contribution in [-0.4, -0.2) is 37.2 Å². The quantitative estimate of drug-likeness (QED) is 0.0261. The van der Waals surface area contributed by atoms with Crippen molar-refractivity contribution in [3.05, 3.63) is 158 Å². The molecule has 0 aliphatic rings. The Morgan fingerprint density at radius 1 is 0.284 bits per heavy atom. The van der Waals surface area contributed by atoms with Crippen molar-refractivity contribution in [2.45, 2.75) is 239 Å². The van der Waals surface area contributed by atoms with Crippen molar-refractivity contribution in [1.29, 1.82) is 0 Å². The third-order valence-corrected chi connectivity index (χ3v) is 11.8. The maximum absolute atomic E-state index is 12.7. The van der Waals surface area contributed by atoms with Crippen LogP contribution < -0.4 is 0 Å². The van der Waals surface area contributed by atoms with Gasteiger partial charge in [-0.2, -0.15) is 0 Å². The highest BCUT2D eigenvalue weighted by Crippen LogP contribution is 2.13. The van der Waals surface area contributed by atoms with Gasteiger partial charge in [0.1, 0.15) is 13.2 Å². The lowest BCUT2D eigenvalue weighted by molar-refractivity contribution is -0.166. The van der Waals surface area contributed by atoms with E-state index in [4.69, 9.17) is 14.2 Å². The molecule has 0 bridgehead atoms. The first-order valence-corrected chi connectivity index (χ1v) is 29.5. The summed E-state index contributed by atoms with van der Waals surface area (Å²) >= 11 is 0. The second kappa shape index (κ2) is 60.6. The van der Waals surface area contributed by atoms with Crippen LogP contribution in [0.3, 0.4) is 0 Å². The summed E-state index contributed by atoms with van der Waals surface area (Å²) < 4.78 is 16.7. The molecule has 414 valence electrons. The van der Waals surface area contributed by atoms with Gasteiger partial charge in [0, 0.05) is 19.3 Å². The maximum Gasteiger partial charge on any atom is 0.306 e. The molecule has 0 amide bonds. The summed E-state index contributed by atoms with van der Waals surface area (Å²) in [6.45, 7) is 6.28. The molecule has 0 saturated carbocycles. The van der Waals surface area contributed by atoms with Gasteiger partial charge in [-0.15, -0.1) is 0 Å². The van der Waals surface area contributed by atoms with Gasteiger partial charge in [-0.1, -0.05) is 256 Å². The van der Waals surface area contributed by atoms with Crippen molar-refractivity contribution in [2.75, 3.05) is 13.2 Å². The molecule has 0 radical (unpaired) electrons. The standard InChI is InChI=1S/C68H106O6/c1-4-7-10-13-16-19-21-23-24-25-26-27-28-29-30-31-32-33-34-35-36-37-38-39-40-41-42-43-44-46-47-49-52-55-58-61-67(70)73-64-65(63-72-66(69)60-57-54-51-18-15-12-9-6-3)74-68(71)62-59-56-53-50-48-45-22-20-17-14-11-8-5-2/h7-8,10-11,16-17,19-20,23-24,26-27,29-30,32-33,35-36,38-39,41-42,45,48,53,56,65H,4-6,9,12-15,18,21-22,25,28,31,34,37,40,43-44,46-47,49-52,54-55,57-64H2,1-3H3/b10-7-,11-8-,19-16-,20-17-,24-23-,27-26-,30-29-,33-32-,36-35-,39-38-,42-41-,48-45-,56-53-. The first-order chi connectivity index (χ1) is 36.5. The number of carbonyl (C=O) groups excluding carboxylic acids is 3. The Morgan fingerprint density at radius 2 is 0.554 bits per heavy atom. The maximum atomic E-state index is 12.7. The largest absolute Gasteiger partial charge is 0.462 e. The summed E-state index contributed by atoms with van der Waals surface area (Å²) in [4.78, 5) is 37.9. The molecule has 74 heavy (non-hydrogen) atoms. The fraction of sp³-hybridized carbons (Fsp3) is 0.574. The van der Waals surface area contributed by atoms with Crippen LogP contribution in [0.25, 0.3) is 0 Å². The number of unbranched alkanes of at least 4 members (excludes halogenated alkanes) is 14. The molecule has 0 N–H and O–H groups in total. The van der Waals surface area contributed by atoms with Gasteiger partial charge in [0.05, 0.1) is 0 Å². The average Bonchev–Trinajstić information content (AvgIpc) is 3.40. The number of esters is 3. The van der Waals surface area contributed by atoms with Crippen molar-refractivity contribution < 1.29 is 28.6 Å². The highest BCUT2D eigenvalue weighted by Gasteiger charge is 2.19. The molecule has 0 aliphatic heterocycles. The van der Waals surface area contributed by atoms with Crippen molar-refractivity contribution in [3.63, 3.8) is 0 Å². The van der Waals surface area contributed by atoms with Crippen LogP contribution in [0, 0.1) is 0 Å². The molecule has 0 rings (SSSR count). The lowest BCUT2D eigenvalue weighted by Gasteiger charge is -2.18. The monoisotopic (exact) mass is 1020 g/mol. The molecule has 0 aromatic rings. The summed E-state index contributed by atoms with van der Waals surface area (Å²) in [6.07, 6.45) is 88.5. The van der Waals surface area contributed by atoms with Crippen LogP contribution in [-0.2, 0) is 28.6 Å². The van der Waals surface area contributed by atoms with Crippen molar-refractivity contribution in [2.24, 2.45) is 0 Å². The molecule has 0 aromatic heterocycles. The topological polar surface area (TPSA) is 78.9 Å². The Balaban J connectivity index is 4.21. The van der Waals surface area contributed by atoms with Crippen LogP contribution in [0.15, 0.2) is 158 Å². The SMILES string of the molecule is CC/C=C\C/C=C\C/C=C\C/C=C\C/C=C\C/C=C\C/C=C\C/C=C\C/C=C\CCCCCCCCCC(=O)OCC(COC(=O)CCCCCCCCCC)OC(=O)CC/C=C\C/C=C\C/C=C\C/C=C\CC. The summed E-state index contributed by atoms with van der Waals surface area (Å²) in [6, 6.07) is 0. The van der Waals surface area contributed by atoms with Gasteiger partial charge >= 0.3 is 17.9 Å². The van der Waals surface area contributed by atoms with Gasteiger partial charge in [-0.3, -0.25) is 14.4 Å². The van der Waals surface area contributed by atoms with E-state index in [1.807, 2.05) is 12.2 Å². The highest BCUT2D eigenvalue weighted by molar-refractivity contribution is 5.71. The van der Waals surface area contributed by atoms with Gasteiger partial charge < -0.3 is 14.2 Å². The normalized spacial score (nSPS) is 13.3. The molecule has 0 aromatic carbocycles. The number of ether oxygens (including phenoxy) is 3. The van der Waals surface area contributed by atoms with Gasteiger partial charge in [0.2, 0.25) is 0 Å². The second-order valence-corrected chi connectivity index (χ2v) is 18.8. The minimum Gasteiger partial charge on any atom is -0.462 e. The third kappa shape index (κ3) is 57.9. The Kier molecular flexibility index (Phi) is 56.5. The van der Waals surface area contributed by atoms with E-state index in [1.54, 1.807) is 0 Å².